The zero-order chi connectivity index (χ0) is 19.1. The van der Waals surface area contributed by atoms with Crippen molar-refractivity contribution in [2.45, 2.75) is 5.75 Å². The number of carbonyl (C=O) groups excluding carboxylic acids is 2. The molecular formula is C18H17NO6S. The highest BCUT2D eigenvalue weighted by atomic mass is 32.2. The molecule has 1 amide bonds. The molecule has 0 heterocycles. The summed E-state index contributed by atoms with van der Waals surface area (Å²) in [6.45, 7) is 0. The SMILES string of the molecule is COC(=O)c1ccc(NC(=O)CS(=O)Cc2ccc(C(=O)O)cc2)cc1. The smallest absolute Gasteiger partial charge is 0.337 e. The molecule has 0 radical (unpaired) electrons. The second-order valence-corrected chi connectivity index (χ2v) is 6.80. The van der Waals surface area contributed by atoms with Crippen molar-refractivity contribution in [3.05, 3.63) is 65.2 Å². The minimum Gasteiger partial charge on any atom is -0.478 e. The molecule has 2 aromatic rings. The van der Waals surface area contributed by atoms with Gasteiger partial charge in [0, 0.05) is 22.2 Å². The molecule has 0 bridgehead atoms. The Balaban J connectivity index is 1.87. The molecule has 0 aliphatic heterocycles. The summed E-state index contributed by atoms with van der Waals surface area (Å²) in [5.41, 5.74) is 1.67. The Labute approximate surface area is 152 Å². The van der Waals surface area contributed by atoms with E-state index in [0.717, 1.165) is 0 Å². The standard InChI is InChI=1S/C18H17NO6S/c1-25-18(23)14-6-8-15(9-7-14)19-16(20)11-26(24)10-12-2-4-13(5-3-12)17(21)22/h2-9H,10-11H2,1H3,(H,19,20)(H,21,22). The quantitative estimate of drug-likeness (QED) is 0.717. The summed E-state index contributed by atoms with van der Waals surface area (Å²) in [6, 6.07) is 12.1. The Kier molecular flexibility index (Phi) is 6.62. The van der Waals surface area contributed by atoms with Crippen LogP contribution in [0.15, 0.2) is 48.5 Å². The second kappa shape index (κ2) is 8.91. The molecule has 2 aromatic carbocycles. The van der Waals surface area contributed by atoms with Gasteiger partial charge in [-0.2, -0.15) is 0 Å². The highest BCUT2D eigenvalue weighted by Crippen LogP contribution is 2.11. The Hall–Kier alpha value is -3.00. The Morgan fingerprint density at radius 3 is 2.12 bits per heavy atom. The number of carboxylic acids is 1. The van der Waals surface area contributed by atoms with Crippen LogP contribution in [0.3, 0.4) is 0 Å². The van der Waals surface area contributed by atoms with E-state index >= 15 is 0 Å². The number of hydrogen-bond acceptors (Lipinski definition) is 5. The average molecular weight is 375 g/mol. The van der Waals surface area contributed by atoms with E-state index < -0.39 is 28.6 Å². The number of nitrogens with one attached hydrogen (secondary N) is 1. The second-order valence-electron chi connectivity index (χ2n) is 5.35. The molecule has 0 spiro atoms. The van der Waals surface area contributed by atoms with E-state index in [0.29, 0.717) is 16.8 Å². The fraction of sp³-hybridized carbons (Fsp3) is 0.167. The van der Waals surface area contributed by atoms with Crippen LogP contribution in [-0.2, 0) is 26.1 Å². The van der Waals surface area contributed by atoms with E-state index in [4.69, 9.17) is 5.11 Å². The number of aromatic carboxylic acids is 1. The highest BCUT2D eigenvalue weighted by molar-refractivity contribution is 7.84. The van der Waals surface area contributed by atoms with Crippen LogP contribution in [0.25, 0.3) is 0 Å². The molecule has 1 atom stereocenters. The van der Waals surface area contributed by atoms with Gasteiger partial charge in [0.2, 0.25) is 5.91 Å². The minimum atomic E-state index is -1.44. The van der Waals surface area contributed by atoms with Crippen LogP contribution >= 0.6 is 0 Å². The summed E-state index contributed by atoms with van der Waals surface area (Å²) < 4.78 is 16.7. The third-order valence-corrected chi connectivity index (χ3v) is 4.65. The van der Waals surface area contributed by atoms with Gasteiger partial charge in [0.05, 0.1) is 18.2 Å². The van der Waals surface area contributed by atoms with E-state index in [1.807, 2.05) is 0 Å². The van der Waals surface area contributed by atoms with Gasteiger partial charge in [0.1, 0.15) is 5.75 Å². The van der Waals surface area contributed by atoms with Gasteiger partial charge in [-0.15, -0.1) is 0 Å². The first-order valence-corrected chi connectivity index (χ1v) is 9.03. The molecule has 0 saturated heterocycles. The number of carbonyl (C=O) groups is 3. The van der Waals surface area contributed by atoms with Crippen molar-refractivity contribution in [1.29, 1.82) is 0 Å². The van der Waals surface area contributed by atoms with Crippen molar-refractivity contribution in [3.8, 4) is 0 Å². The summed E-state index contributed by atoms with van der Waals surface area (Å²) in [5, 5.41) is 11.4. The average Bonchev–Trinajstić information content (AvgIpc) is 2.61. The predicted octanol–water partition coefficient (Wildman–Crippen LogP) is 2.06. The molecule has 136 valence electrons. The number of hydrogen-bond donors (Lipinski definition) is 2. The fourth-order valence-electron chi connectivity index (χ4n) is 2.13. The molecule has 2 rings (SSSR count). The maximum Gasteiger partial charge on any atom is 0.337 e. The van der Waals surface area contributed by atoms with Crippen LogP contribution in [-0.4, -0.2) is 40.0 Å². The lowest BCUT2D eigenvalue weighted by Crippen LogP contribution is -2.20. The Morgan fingerprint density at radius 2 is 1.58 bits per heavy atom. The van der Waals surface area contributed by atoms with Crippen molar-refractivity contribution >= 4 is 34.3 Å². The molecular weight excluding hydrogens is 358 g/mol. The lowest BCUT2D eigenvalue weighted by Gasteiger charge is -2.07. The highest BCUT2D eigenvalue weighted by Gasteiger charge is 2.11. The molecule has 8 heteroatoms. The van der Waals surface area contributed by atoms with Crippen molar-refractivity contribution in [2.24, 2.45) is 0 Å². The number of methoxy groups -OCH3 is 1. The van der Waals surface area contributed by atoms with Crippen LogP contribution in [0.5, 0.6) is 0 Å². The minimum absolute atomic E-state index is 0.146. The van der Waals surface area contributed by atoms with E-state index in [2.05, 4.69) is 10.1 Å². The van der Waals surface area contributed by atoms with Crippen molar-refractivity contribution in [1.82, 2.24) is 0 Å². The summed E-state index contributed by atoms with van der Waals surface area (Å²) in [4.78, 5) is 34.1. The molecule has 7 nitrogen and oxygen atoms in total. The molecule has 2 N–H and O–H groups in total. The summed E-state index contributed by atoms with van der Waals surface area (Å²) in [5.74, 6) is -1.97. The topological polar surface area (TPSA) is 110 Å². The van der Waals surface area contributed by atoms with Crippen molar-refractivity contribution < 1.29 is 28.4 Å². The molecule has 0 aliphatic rings. The monoisotopic (exact) mass is 375 g/mol. The first kappa shape index (κ1) is 19.3. The van der Waals surface area contributed by atoms with Gasteiger partial charge in [0.25, 0.3) is 0 Å². The predicted molar refractivity (Wildman–Crippen MR) is 96.5 cm³/mol. The van der Waals surface area contributed by atoms with E-state index in [9.17, 15) is 18.6 Å². The van der Waals surface area contributed by atoms with E-state index in [-0.39, 0.29) is 17.1 Å². The zero-order valence-electron chi connectivity index (χ0n) is 13.9. The third kappa shape index (κ3) is 5.52. The lowest BCUT2D eigenvalue weighted by molar-refractivity contribution is -0.113. The van der Waals surface area contributed by atoms with Gasteiger partial charge in [-0.25, -0.2) is 9.59 Å². The molecule has 1 unspecified atom stereocenters. The zero-order valence-corrected chi connectivity index (χ0v) is 14.7. The van der Waals surface area contributed by atoms with E-state index in [1.165, 1.54) is 31.4 Å². The van der Waals surface area contributed by atoms with Gasteiger partial charge in [-0.1, -0.05) is 12.1 Å². The third-order valence-electron chi connectivity index (χ3n) is 3.41. The maximum atomic E-state index is 12.1. The van der Waals surface area contributed by atoms with Gasteiger partial charge in [-0.3, -0.25) is 9.00 Å². The normalized spacial score (nSPS) is 11.4. The first-order valence-electron chi connectivity index (χ1n) is 7.54. The number of ether oxygens (including phenoxy) is 1. The van der Waals surface area contributed by atoms with E-state index in [1.54, 1.807) is 24.3 Å². The molecule has 0 aromatic heterocycles. The molecule has 0 fully saturated rings. The maximum absolute atomic E-state index is 12.1. The summed E-state index contributed by atoms with van der Waals surface area (Å²) in [7, 11) is -0.158. The first-order chi connectivity index (χ1) is 12.4. The molecule has 0 saturated carbocycles. The number of esters is 1. The van der Waals surface area contributed by atoms with Crippen LogP contribution < -0.4 is 5.32 Å². The fourth-order valence-corrected chi connectivity index (χ4v) is 3.16. The number of benzene rings is 2. The largest absolute Gasteiger partial charge is 0.478 e. The Morgan fingerprint density at radius 1 is 1.00 bits per heavy atom. The van der Waals surface area contributed by atoms with Gasteiger partial charge >= 0.3 is 11.9 Å². The molecule has 26 heavy (non-hydrogen) atoms. The van der Waals surface area contributed by atoms with Gasteiger partial charge in [0.15, 0.2) is 0 Å². The summed E-state index contributed by atoms with van der Waals surface area (Å²) in [6.07, 6.45) is 0. The van der Waals surface area contributed by atoms with Crippen LogP contribution in [0.2, 0.25) is 0 Å². The number of carboxylic acid groups (broad SMARTS) is 1. The number of rotatable bonds is 7. The van der Waals surface area contributed by atoms with Crippen LogP contribution in [0.1, 0.15) is 26.3 Å². The van der Waals surface area contributed by atoms with Crippen molar-refractivity contribution in [2.75, 3.05) is 18.2 Å². The molecule has 0 aliphatic carbocycles. The number of amides is 1. The van der Waals surface area contributed by atoms with Crippen molar-refractivity contribution in [3.63, 3.8) is 0 Å². The van der Waals surface area contributed by atoms with Gasteiger partial charge < -0.3 is 15.2 Å². The van der Waals surface area contributed by atoms with Crippen LogP contribution in [0, 0.1) is 0 Å². The number of anilines is 1. The summed E-state index contributed by atoms with van der Waals surface area (Å²) >= 11 is 0. The van der Waals surface area contributed by atoms with Crippen LogP contribution in [0.4, 0.5) is 5.69 Å². The van der Waals surface area contributed by atoms with Gasteiger partial charge in [-0.05, 0) is 42.0 Å². The Bertz CT molecular complexity index is 830. The lowest BCUT2D eigenvalue weighted by atomic mass is 10.1.